The fourth-order valence-corrected chi connectivity index (χ4v) is 1.86. The summed E-state index contributed by atoms with van der Waals surface area (Å²) in [6.07, 6.45) is 1.56. The van der Waals surface area contributed by atoms with Crippen LogP contribution in [0.4, 0.5) is 5.69 Å². The monoisotopic (exact) mass is 286 g/mol. The van der Waals surface area contributed by atoms with Crippen LogP contribution >= 0.6 is 0 Å². The molecule has 1 aromatic carbocycles. The topological polar surface area (TPSA) is 68.5 Å². The number of nitrogens with one attached hydrogen (secondary N) is 1. The van der Waals surface area contributed by atoms with Crippen LogP contribution in [0.2, 0.25) is 0 Å². The molecular formula is C15H18N4O2. The second-order valence-corrected chi connectivity index (χ2v) is 4.64. The molecule has 0 bridgehead atoms. The van der Waals surface area contributed by atoms with Gasteiger partial charge in [0.2, 0.25) is 0 Å². The Morgan fingerprint density at radius 1 is 1.38 bits per heavy atom. The van der Waals surface area contributed by atoms with Gasteiger partial charge < -0.3 is 10.2 Å². The molecule has 2 aromatic rings. The zero-order chi connectivity index (χ0) is 15.2. The summed E-state index contributed by atoms with van der Waals surface area (Å²) < 4.78 is 1.72. The van der Waals surface area contributed by atoms with Crippen molar-refractivity contribution in [2.24, 2.45) is 12.2 Å². The van der Waals surface area contributed by atoms with E-state index in [1.165, 1.54) is 0 Å². The van der Waals surface area contributed by atoms with Gasteiger partial charge in [0.1, 0.15) is 0 Å². The van der Waals surface area contributed by atoms with E-state index >= 15 is 0 Å². The number of nitrogens with zero attached hydrogens (tertiary/aromatic N) is 3. The van der Waals surface area contributed by atoms with Gasteiger partial charge in [-0.15, -0.1) is 0 Å². The molecule has 2 rings (SSSR count). The summed E-state index contributed by atoms with van der Waals surface area (Å²) in [7, 11) is 1.83. The van der Waals surface area contributed by atoms with Crippen molar-refractivity contribution in [2.75, 3.05) is 11.9 Å². The van der Waals surface area contributed by atoms with Gasteiger partial charge in [-0.25, -0.2) is 0 Å². The highest BCUT2D eigenvalue weighted by Gasteiger charge is 2.12. The number of aromatic nitrogens is 2. The fraction of sp³-hybridized carbons (Fsp3) is 0.267. The first kappa shape index (κ1) is 14.8. The highest BCUT2D eigenvalue weighted by Crippen LogP contribution is 2.17. The van der Waals surface area contributed by atoms with Gasteiger partial charge in [0, 0.05) is 7.05 Å². The van der Waals surface area contributed by atoms with E-state index in [-0.39, 0.29) is 12.5 Å². The number of rotatable bonds is 5. The minimum absolute atomic E-state index is 0.142. The van der Waals surface area contributed by atoms with Crippen molar-refractivity contribution in [2.45, 2.75) is 13.8 Å². The van der Waals surface area contributed by atoms with Crippen molar-refractivity contribution in [3.63, 3.8) is 0 Å². The maximum Gasteiger partial charge on any atom is 0.265 e. The quantitative estimate of drug-likeness (QED) is 0.675. The van der Waals surface area contributed by atoms with Crippen LogP contribution in [0.5, 0.6) is 0 Å². The number of oxime groups is 1. The number of carbonyl (C=O) groups excluding carboxylic acids is 1. The molecule has 1 N–H and O–H groups in total. The van der Waals surface area contributed by atoms with Crippen molar-refractivity contribution >= 4 is 17.8 Å². The maximum atomic E-state index is 11.8. The molecule has 0 radical (unpaired) electrons. The Labute approximate surface area is 123 Å². The average Bonchev–Trinajstić information content (AvgIpc) is 2.71. The van der Waals surface area contributed by atoms with Crippen LogP contribution in [0.3, 0.4) is 0 Å². The zero-order valence-electron chi connectivity index (χ0n) is 12.3. The molecule has 110 valence electrons. The van der Waals surface area contributed by atoms with Crippen LogP contribution < -0.4 is 5.32 Å². The first-order valence-electron chi connectivity index (χ1n) is 6.58. The van der Waals surface area contributed by atoms with Gasteiger partial charge in [-0.2, -0.15) is 5.10 Å². The summed E-state index contributed by atoms with van der Waals surface area (Å²) >= 11 is 0. The SMILES string of the molecule is Cc1nn(C)c(C)c1NC(=O)CO/N=C\c1ccccc1. The zero-order valence-corrected chi connectivity index (χ0v) is 12.3. The third kappa shape index (κ3) is 3.92. The van der Waals surface area contributed by atoms with Crippen LogP contribution in [0.25, 0.3) is 0 Å². The van der Waals surface area contributed by atoms with Crippen molar-refractivity contribution in [3.8, 4) is 0 Å². The molecule has 0 saturated carbocycles. The van der Waals surface area contributed by atoms with Crippen molar-refractivity contribution < 1.29 is 9.63 Å². The van der Waals surface area contributed by atoms with Gasteiger partial charge in [0.15, 0.2) is 6.61 Å². The largest absolute Gasteiger partial charge is 0.386 e. The number of anilines is 1. The van der Waals surface area contributed by atoms with E-state index in [0.29, 0.717) is 0 Å². The van der Waals surface area contributed by atoms with E-state index < -0.39 is 0 Å². The molecule has 0 saturated heterocycles. The van der Waals surface area contributed by atoms with E-state index in [0.717, 1.165) is 22.6 Å². The van der Waals surface area contributed by atoms with Crippen LogP contribution in [0.15, 0.2) is 35.5 Å². The second kappa shape index (κ2) is 6.69. The summed E-state index contributed by atoms with van der Waals surface area (Å²) in [6.45, 7) is 3.60. The summed E-state index contributed by atoms with van der Waals surface area (Å²) in [5.74, 6) is -0.264. The minimum Gasteiger partial charge on any atom is -0.386 e. The van der Waals surface area contributed by atoms with Gasteiger partial charge in [0.25, 0.3) is 5.91 Å². The molecule has 0 aliphatic rings. The molecule has 6 nitrogen and oxygen atoms in total. The molecule has 6 heteroatoms. The van der Waals surface area contributed by atoms with Gasteiger partial charge in [-0.3, -0.25) is 9.48 Å². The average molecular weight is 286 g/mol. The lowest BCUT2D eigenvalue weighted by Gasteiger charge is -2.04. The van der Waals surface area contributed by atoms with E-state index in [2.05, 4.69) is 15.6 Å². The molecule has 1 aromatic heterocycles. The van der Waals surface area contributed by atoms with Crippen molar-refractivity contribution in [3.05, 3.63) is 47.3 Å². The highest BCUT2D eigenvalue weighted by molar-refractivity contribution is 5.92. The Morgan fingerprint density at radius 2 is 2.10 bits per heavy atom. The Kier molecular flexibility index (Phi) is 4.71. The fourth-order valence-electron chi connectivity index (χ4n) is 1.86. The van der Waals surface area contributed by atoms with E-state index in [1.807, 2.05) is 51.2 Å². The van der Waals surface area contributed by atoms with Crippen LogP contribution in [0.1, 0.15) is 17.0 Å². The normalized spacial score (nSPS) is 10.8. The molecule has 0 aliphatic heterocycles. The number of aryl methyl sites for hydroxylation is 2. The van der Waals surface area contributed by atoms with Gasteiger partial charge in [-0.1, -0.05) is 35.5 Å². The number of carbonyl (C=O) groups is 1. The van der Waals surface area contributed by atoms with E-state index in [1.54, 1.807) is 10.9 Å². The first-order chi connectivity index (χ1) is 10.1. The molecule has 1 heterocycles. The smallest absolute Gasteiger partial charge is 0.265 e. The Morgan fingerprint density at radius 3 is 2.71 bits per heavy atom. The Hall–Kier alpha value is -2.63. The molecule has 21 heavy (non-hydrogen) atoms. The molecular weight excluding hydrogens is 268 g/mol. The third-order valence-corrected chi connectivity index (χ3v) is 3.04. The number of hydrogen-bond donors (Lipinski definition) is 1. The van der Waals surface area contributed by atoms with E-state index in [9.17, 15) is 4.79 Å². The summed E-state index contributed by atoms with van der Waals surface area (Å²) in [4.78, 5) is 16.8. The van der Waals surface area contributed by atoms with Crippen molar-refractivity contribution in [1.29, 1.82) is 0 Å². The lowest BCUT2D eigenvalue weighted by Crippen LogP contribution is -2.18. The molecule has 1 amide bonds. The lowest BCUT2D eigenvalue weighted by molar-refractivity contribution is -0.120. The third-order valence-electron chi connectivity index (χ3n) is 3.04. The van der Waals surface area contributed by atoms with E-state index in [4.69, 9.17) is 4.84 Å². The molecule has 0 spiro atoms. The number of benzene rings is 1. The summed E-state index contributed by atoms with van der Waals surface area (Å²) in [5.41, 5.74) is 3.31. The van der Waals surface area contributed by atoms with Gasteiger partial charge in [0.05, 0.1) is 23.3 Å². The minimum atomic E-state index is -0.264. The standard InChI is InChI=1S/C15H18N4O2/c1-11-15(12(2)19(3)18-11)17-14(20)10-21-16-9-13-7-5-4-6-8-13/h4-9H,10H2,1-3H3,(H,17,20)/b16-9-. The van der Waals surface area contributed by atoms with Crippen LogP contribution in [0, 0.1) is 13.8 Å². The number of hydrogen-bond acceptors (Lipinski definition) is 4. The first-order valence-corrected chi connectivity index (χ1v) is 6.58. The summed E-state index contributed by atoms with van der Waals surface area (Å²) in [6, 6.07) is 9.53. The van der Waals surface area contributed by atoms with Gasteiger partial charge >= 0.3 is 0 Å². The Balaban J connectivity index is 1.84. The van der Waals surface area contributed by atoms with Crippen LogP contribution in [-0.2, 0) is 16.7 Å². The number of amides is 1. The molecule has 0 fully saturated rings. The molecule has 0 unspecified atom stereocenters. The highest BCUT2D eigenvalue weighted by atomic mass is 16.6. The van der Waals surface area contributed by atoms with Crippen LogP contribution in [-0.4, -0.2) is 28.5 Å². The van der Waals surface area contributed by atoms with Crippen molar-refractivity contribution in [1.82, 2.24) is 9.78 Å². The molecule has 0 aliphatic carbocycles. The van der Waals surface area contributed by atoms with Gasteiger partial charge in [-0.05, 0) is 19.4 Å². The predicted molar refractivity (Wildman–Crippen MR) is 81.3 cm³/mol. The second-order valence-electron chi connectivity index (χ2n) is 4.64. The molecule has 0 atom stereocenters. The Bertz CT molecular complexity index is 647. The summed E-state index contributed by atoms with van der Waals surface area (Å²) in [5, 5.41) is 10.8. The lowest BCUT2D eigenvalue weighted by atomic mass is 10.2. The maximum absolute atomic E-state index is 11.8. The predicted octanol–water partition coefficient (Wildman–Crippen LogP) is 2.03.